The van der Waals surface area contributed by atoms with Gasteiger partial charge in [0.1, 0.15) is 9.88 Å². The van der Waals surface area contributed by atoms with Crippen LogP contribution in [0.25, 0.3) is 21.3 Å². The number of carbonyl (C=O) groups excluding carboxylic acids is 1. The predicted molar refractivity (Wildman–Crippen MR) is 132 cm³/mol. The van der Waals surface area contributed by atoms with Gasteiger partial charge in [0.05, 0.1) is 23.0 Å². The smallest absolute Gasteiger partial charge is 0.277 e. The van der Waals surface area contributed by atoms with Crippen molar-refractivity contribution in [2.45, 2.75) is 39.7 Å². The molecule has 1 saturated heterocycles. The van der Waals surface area contributed by atoms with E-state index in [9.17, 15) is 9.59 Å². The van der Waals surface area contributed by atoms with E-state index in [-0.39, 0.29) is 17.5 Å². The van der Waals surface area contributed by atoms with E-state index in [0.717, 1.165) is 24.1 Å². The number of fused-ring (bicyclic) bond motifs is 1. The first-order valence-electron chi connectivity index (χ1n) is 11.2. The zero-order chi connectivity index (χ0) is 23.3. The molecule has 0 bridgehead atoms. The van der Waals surface area contributed by atoms with Crippen molar-refractivity contribution in [3.05, 3.63) is 80.2 Å². The van der Waals surface area contributed by atoms with Gasteiger partial charge in [-0.3, -0.25) is 9.59 Å². The zero-order valence-electron chi connectivity index (χ0n) is 19.3. The molecule has 1 aliphatic rings. The molecule has 7 heteroatoms. The number of carbonyl (C=O) groups is 1. The van der Waals surface area contributed by atoms with Gasteiger partial charge in [0.2, 0.25) is 0 Å². The number of amides is 1. The number of aromatic nitrogens is 3. The minimum absolute atomic E-state index is 0.00746. The summed E-state index contributed by atoms with van der Waals surface area (Å²) in [6.45, 7) is 6.33. The Bertz CT molecular complexity index is 1450. The topological polar surface area (TPSA) is 68.1 Å². The van der Waals surface area contributed by atoms with Crippen LogP contribution in [-0.2, 0) is 7.05 Å². The molecule has 1 atom stereocenters. The molecule has 0 N–H and O–H groups in total. The maximum absolute atomic E-state index is 13.7. The first kappa shape index (κ1) is 21.5. The molecule has 6 nitrogen and oxygen atoms in total. The third-order valence-corrected chi connectivity index (χ3v) is 7.79. The van der Waals surface area contributed by atoms with Gasteiger partial charge in [0.25, 0.3) is 11.5 Å². The van der Waals surface area contributed by atoms with Gasteiger partial charge >= 0.3 is 0 Å². The summed E-state index contributed by atoms with van der Waals surface area (Å²) < 4.78 is 1.34. The molecular formula is C26H26N4O2S. The second-order valence-electron chi connectivity index (χ2n) is 8.67. The molecular weight excluding hydrogens is 432 g/mol. The lowest BCUT2D eigenvalue weighted by Crippen LogP contribution is -2.30. The Hall–Kier alpha value is -3.32. The van der Waals surface area contributed by atoms with Gasteiger partial charge in [-0.05, 0) is 55.5 Å². The Morgan fingerprint density at radius 1 is 1.06 bits per heavy atom. The summed E-state index contributed by atoms with van der Waals surface area (Å²) in [6.07, 6.45) is 1.90. The highest BCUT2D eigenvalue weighted by atomic mass is 32.1. The number of likely N-dealkylation sites (tertiary alicyclic amines) is 1. The van der Waals surface area contributed by atoms with E-state index in [0.29, 0.717) is 27.7 Å². The number of thiazole rings is 1. The predicted octanol–water partition coefficient (Wildman–Crippen LogP) is 4.96. The van der Waals surface area contributed by atoms with Crippen LogP contribution in [0, 0.1) is 20.8 Å². The van der Waals surface area contributed by atoms with E-state index >= 15 is 0 Å². The van der Waals surface area contributed by atoms with E-state index in [4.69, 9.17) is 0 Å². The SMILES string of the molecule is Cc1nc(-c2c(C)c(C)nn(C)c2=O)sc1C(=O)N1CCCC1c1cccc2ccccc12. The first-order chi connectivity index (χ1) is 15.9. The molecule has 33 heavy (non-hydrogen) atoms. The fourth-order valence-electron chi connectivity index (χ4n) is 4.81. The molecule has 1 amide bonds. The van der Waals surface area contributed by atoms with Gasteiger partial charge in [-0.15, -0.1) is 11.3 Å². The lowest BCUT2D eigenvalue weighted by atomic mass is 9.97. The Labute approximate surface area is 196 Å². The van der Waals surface area contributed by atoms with Gasteiger partial charge in [0, 0.05) is 13.6 Å². The van der Waals surface area contributed by atoms with Crippen LogP contribution in [0.2, 0.25) is 0 Å². The largest absolute Gasteiger partial charge is 0.331 e. The monoisotopic (exact) mass is 458 g/mol. The van der Waals surface area contributed by atoms with Crippen molar-refractivity contribution in [1.82, 2.24) is 19.7 Å². The average Bonchev–Trinajstić information content (AvgIpc) is 3.44. The van der Waals surface area contributed by atoms with Crippen LogP contribution in [0.3, 0.4) is 0 Å². The van der Waals surface area contributed by atoms with E-state index in [1.54, 1.807) is 7.05 Å². The van der Waals surface area contributed by atoms with Gasteiger partial charge in [0.15, 0.2) is 0 Å². The van der Waals surface area contributed by atoms with Crippen LogP contribution >= 0.6 is 11.3 Å². The Morgan fingerprint density at radius 3 is 2.64 bits per heavy atom. The minimum Gasteiger partial charge on any atom is -0.331 e. The molecule has 168 valence electrons. The van der Waals surface area contributed by atoms with E-state index in [1.165, 1.54) is 32.4 Å². The summed E-state index contributed by atoms with van der Waals surface area (Å²) in [5.41, 5.74) is 3.78. The van der Waals surface area contributed by atoms with Gasteiger partial charge in [-0.1, -0.05) is 42.5 Å². The molecule has 0 radical (unpaired) electrons. The van der Waals surface area contributed by atoms with Crippen LogP contribution in [-0.4, -0.2) is 32.1 Å². The van der Waals surface area contributed by atoms with Crippen LogP contribution in [0.5, 0.6) is 0 Å². The van der Waals surface area contributed by atoms with Crippen LogP contribution in [0.15, 0.2) is 47.3 Å². The van der Waals surface area contributed by atoms with Crippen molar-refractivity contribution in [2.75, 3.05) is 6.54 Å². The second-order valence-corrected chi connectivity index (χ2v) is 9.67. The fourth-order valence-corrected chi connectivity index (χ4v) is 5.92. The van der Waals surface area contributed by atoms with Crippen molar-refractivity contribution in [3.63, 3.8) is 0 Å². The van der Waals surface area contributed by atoms with Gasteiger partial charge < -0.3 is 4.90 Å². The molecule has 1 fully saturated rings. The van der Waals surface area contributed by atoms with E-state index in [1.807, 2.05) is 37.8 Å². The number of nitrogens with zero attached hydrogens (tertiary/aromatic N) is 4. The number of rotatable bonds is 3. The molecule has 0 spiro atoms. The summed E-state index contributed by atoms with van der Waals surface area (Å²) in [5, 5.41) is 7.22. The van der Waals surface area contributed by atoms with Crippen LogP contribution in [0.1, 0.15) is 51.1 Å². The van der Waals surface area contributed by atoms with Crippen molar-refractivity contribution < 1.29 is 4.79 Å². The summed E-state index contributed by atoms with van der Waals surface area (Å²) in [6, 6.07) is 14.7. The second kappa shape index (κ2) is 8.23. The number of hydrogen-bond acceptors (Lipinski definition) is 5. The molecule has 3 heterocycles. The van der Waals surface area contributed by atoms with Gasteiger partial charge in [-0.2, -0.15) is 5.10 Å². The number of hydrogen-bond donors (Lipinski definition) is 0. The Morgan fingerprint density at radius 2 is 1.82 bits per heavy atom. The molecule has 1 aliphatic heterocycles. The summed E-state index contributed by atoms with van der Waals surface area (Å²) in [5.74, 6) is -0.00746. The fraction of sp³-hybridized carbons (Fsp3) is 0.308. The normalized spacial score (nSPS) is 16.0. The molecule has 5 rings (SSSR count). The quantitative estimate of drug-likeness (QED) is 0.435. The summed E-state index contributed by atoms with van der Waals surface area (Å²) in [7, 11) is 1.64. The Kier molecular flexibility index (Phi) is 5.37. The molecule has 1 unspecified atom stereocenters. The number of aryl methyl sites for hydroxylation is 3. The minimum atomic E-state index is -0.194. The van der Waals surface area contributed by atoms with Crippen molar-refractivity contribution in [1.29, 1.82) is 0 Å². The third-order valence-electron chi connectivity index (χ3n) is 6.63. The van der Waals surface area contributed by atoms with Crippen molar-refractivity contribution in [3.8, 4) is 10.6 Å². The highest BCUT2D eigenvalue weighted by Gasteiger charge is 2.33. The molecule has 0 saturated carbocycles. The lowest BCUT2D eigenvalue weighted by molar-refractivity contribution is 0.0740. The molecule has 2 aromatic carbocycles. The number of benzene rings is 2. The zero-order valence-corrected chi connectivity index (χ0v) is 20.1. The molecule has 4 aromatic rings. The highest BCUT2D eigenvalue weighted by Crippen LogP contribution is 2.38. The van der Waals surface area contributed by atoms with Crippen molar-refractivity contribution >= 4 is 28.0 Å². The maximum Gasteiger partial charge on any atom is 0.277 e. The highest BCUT2D eigenvalue weighted by molar-refractivity contribution is 7.17. The average molecular weight is 459 g/mol. The Balaban J connectivity index is 1.55. The van der Waals surface area contributed by atoms with Crippen LogP contribution < -0.4 is 5.56 Å². The van der Waals surface area contributed by atoms with Crippen molar-refractivity contribution in [2.24, 2.45) is 7.05 Å². The summed E-state index contributed by atoms with van der Waals surface area (Å²) >= 11 is 1.31. The first-order valence-corrected chi connectivity index (χ1v) is 12.0. The van der Waals surface area contributed by atoms with E-state index < -0.39 is 0 Å². The van der Waals surface area contributed by atoms with E-state index in [2.05, 4.69) is 40.4 Å². The molecule has 2 aromatic heterocycles. The summed E-state index contributed by atoms with van der Waals surface area (Å²) in [4.78, 5) is 33.8. The van der Waals surface area contributed by atoms with Crippen LogP contribution in [0.4, 0.5) is 0 Å². The van der Waals surface area contributed by atoms with Gasteiger partial charge in [-0.25, -0.2) is 9.67 Å². The maximum atomic E-state index is 13.7. The third kappa shape index (κ3) is 3.56. The molecule has 0 aliphatic carbocycles. The standard InChI is InChI=1S/C26H26N4O2S/c1-15-16(2)28-29(4)25(31)22(15)24-27-17(3)23(33-24)26(32)30-14-8-13-21(30)20-12-7-10-18-9-5-6-11-19(18)20/h5-7,9-12,21H,8,13-14H2,1-4H3. The lowest BCUT2D eigenvalue weighted by Gasteiger charge is -2.26.